The fourth-order valence-corrected chi connectivity index (χ4v) is 3.17. The molecule has 7 heteroatoms. The van der Waals surface area contributed by atoms with E-state index in [4.69, 9.17) is 4.42 Å². The highest BCUT2D eigenvalue weighted by molar-refractivity contribution is 6.28. The quantitative estimate of drug-likeness (QED) is 0.549. The van der Waals surface area contributed by atoms with Crippen molar-refractivity contribution in [3.8, 4) is 0 Å². The zero-order valence-electron chi connectivity index (χ0n) is 14.5. The van der Waals surface area contributed by atoms with Crippen LogP contribution in [0.4, 0.5) is 0 Å². The molecule has 1 aliphatic rings. The number of benzene rings is 1. The summed E-state index contributed by atoms with van der Waals surface area (Å²) in [6.45, 7) is 2.65. The van der Waals surface area contributed by atoms with Gasteiger partial charge >= 0.3 is 0 Å². The number of carbonyl (C=O) groups excluding carboxylic acids is 3. The predicted octanol–water partition coefficient (Wildman–Crippen LogP) is 1.98. The van der Waals surface area contributed by atoms with E-state index >= 15 is 0 Å². The van der Waals surface area contributed by atoms with Gasteiger partial charge in [-0.2, -0.15) is 4.98 Å². The molecule has 3 aromatic rings. The van der Waals surface area contributed by atoms with Crippen molar-refractivity contribution in [2.75, 3.05) is 6.54 Å². The van der Waals surface area contributed by atoms with Gasteiger partial charge in [-0.05, 0) is 13.3 Å². The molecule has 4 rings (SSSR count). The Kier molecular flexibility index (Phi) is 4.09. The van der Waals surface area contributed by atoms with E-state index in [0.717, 1.165) is 0 Å². The minimum atomic E-state index is -0.451. The van der Waals surface area contributed by atoms with E-state index in [9.17, 15) is 14.4 Å². The SMILES string of the molecule is Cc1c(C(=O)NCCCn2c#cnc2)oc2c1C(=O)c1ccccc1C2=O. The number of ketones is 2. The van der Waals surface area contributed by atoms with Crippen LogP contribution in [0.2, 0.25) is 0 Å². The molecule has 0 bridgehead atoms. The normalized spacial score (nSPS) is 12.3. The standard InChI is InChI=1S/C20H15N3O4/c1-12-15-16(24)13-5-2-3-6-14(13)17(25)19(15)27-18(12)20(26)22-7-4-9-23-10-8-21-11-23/h2-3,5-6,11H,4,7,9H2,1H3,(H,22,26). The number of rotatable bonds is 5. The molecule has 0 atom stereocenters. The van der Waals surface area contributed by atoms with E-state index in [-0.39, 0.29) is 28.7 Å². The molecule has 1 aliphatic carbocycles. The summed E-state index contributed by atoms with van der Waals surface area (Å²) in [6, 6.07) is 6.58. The number of hydrogen-bond acceptors (Lipinski definition) is 5. The van der Waals surface area contributed by atoms with Crippen molar-refractivity contribution in [1.82, 2.24) is 14.9 Å². The van der Waals surface area contributed by atoms with E-state index < -0.39 is 5.91 Å². The minimum Gasteiger partial charge on any atom is -0.446 e. The van der Waals surface area contributed by atoms with Gasteiger partial charge in [-0.1, -0.05) is 24.3 Å². The van der Waals surface area contributed by atoms with E-state index in [1.165, 1.54) is 0 Å². The molecular formula is C20H15N3O4. The van der Waals surface area contributed by atoms with Gasteiger partial charge in [0.2, 0.25) is 5.78 Å². The Bertz CT molecular complexity index is 1050. The van der Waals surface area contributed by atoms with Crippen molar-refractivity contribution in [2.45, 2.75) is 19.9 Å². The first kappa shape index (κ1) is 16.8. The number of nitrogens with zero attached hydrogens (tertiary/aromatic N) is 2. The van der Waals surface area contributed by atoms with Gasteiger partial charge in [0, 0.05) is 36.0 Å². The first-order valence-electron chi connectivity index (χ1n) is 8.48. The smallest absolute Gasteiger partial charge is 0.287 e. The third kappa shape index (κ3) is 2.81. The Balaban J connectivity index is 1.52. The number of carbonyl (C=O) groups is 3. The summed E-state index contributed by atoms with van der Waals surface area (Å²) in [5, 5.41) is 2.75. The highest BCUT2D eigenvalue weighted by Crippen LogP contribution is 2.32. The average molecular weight is 361 g/mol. The van der Waals surface area contributed by atoms with Crippen LogP contribution < -0.4 is 5.32 Å². The maximum Gasteiger partial charge on any atom is 0.287 e. The summed E-state index contributed by atoms with van der Waals surface area (Å²) >= 11 is 0. The lowest BCUT2D eigenvalue weighted by Crippen LogP contribution is -2.25. The molecule has 0 fully saturated rings. The number of nitrogens with one attached hydrogen (secondary N) is 1. The van der Waals surface area contributed by atoms with Gasteiger partial charge in [0.25, 0.3) is 5.91 Å². The number of furan rings is 1. The van der Waals surface area contributed by atoms with Crippen LogP contribution in [0.25, 0.3) is 0 Å². The van der Waals surface area contributed by atoms with Crippen molar-refractivity contribution < 1.29 is 18.8 Å². The fourth-order valence-electron chi connectivity index (χ4n) is 3.17. The first-order valence-corrected chi connectivity index (χ1v) is 8.48. The van der Waals surface area contributed by atoms with Crippen molar-refractivity contribution >= 4 is 17.5 Å². The van der Waals surface area contributed by atoms with E-state index in [1.807, 2.05) is 0 Å². The Labute approximate surface area is 155 Å². The summed E-state index contributed by atoms with van der Waals surface area (Å²) in [4.78, 5) is 41.6. The van der Waals surface area contributed by atoms with Gasteiger partial charge in [-0.3, -0.25) is 19.0 Å². The number of aromatic nitrogens is 2. The van der Waals surface area contributed by atoms with Crippen LogP contribution in [-0.2, 0) is 6.54 Å². The van der Waals surface area contributed by atoms with E-state index in [1.54, 1.807) is 42.1 Å². The highest BCUT2D eigenvalue weighted by atomic mass is 16.4. The van der Waals surface area contributed by atoms with Crippen molar-refractivity contribution in [3.05, 3.63) is 76.8 Å². The predicted molar refractivity (Wildman–Crippen MR) is 93.6 cm³/mol. The zero-order valence-corrected chi connectivity index (χ0v) is 14.5. The maximum absolute atomic E-state index is 12.7. The van der Waals surface area contributed by atoms with Crippen molar-refractivity contribution in [3.63, 3.8) is 0 Å². The Morgan fingerprint density at radius 2 is 1.96 bits per heavy atom. The number of hydrogen-bond donors (Lipinski definition) is 1. The lowest BCUT2D eigenvalue weighted by Gasteiger charge is -2.12. The molecule has 134 valence electrons. The van der Waals surface area contributed by atoms with Crippen molar-refractivity contribution in [1.29, 1.82) is 0 Å². The first-order chi connectivity index (χ1) is 13.1. The third-order valence-electron chi connectivity index (χ3n) is 4.52. The zero-order chi connectivity index (χ0) is 19.0. The number of amides is 1. The summed E-state index contributed by atoms with van der Waals surface area (Å²) in [5.41, 5.74) is 1.18. The van der Waals surface area contributed by atoms with Crippen LogP contribution in [0.3, 0.4) is 0 Å². The van der Waals surface area contributed by atoms with Crippen molar-refractivity contribution in [2.24, 2.45) is 0 Å². The minimum absolute atomic E-state index is 0.00275. The molecule has 0 aliphatic heterocycles. The maximum atomic E-state index is 12.7. The molecule has 2 aromatic heterocycles. The Morgan fingerprint density at radius 3 is 2.67 bits per heavy atom. The second-order valence-electron chi connectivity index (χ2n) is 6.24. The summed E-state index contributed by atoms with van der Waals surface area (Å²) in [6.07, 6.45) is 7.63. The molecule has 0 saturated carbocycles. The monoisotopic (exact) mass is 361 g/mol. The molecule has 7 nitrogen and oxygen atoms in total. The van der Waals surface area contributed by atoms with Crippen LogP contribution in [0.15, 0.2) is 35.0 Å². The molecule has 0 unspecified atom stereocenters. The summed E-state index contributed by atoms with van der Waals surface area (Å²) < 4.78 is 7.27. The van der Waals surface area contributed by atoms with Gasteiger partial charge < -0.3 is 9.73 Å². The second-order valence-corrected chi connectivity index (χ2v) is 6.24. The number of fused-ring (bicyclic) bond motifs is 2. The van der Waals surface area contributed by atoms with Gasteiger partial charge in [-0.25, -0.2) is 0 Å². The van der Waals surface area contributed by atoms with Gasteiger partial charge in [0.05, 0.1) is 11.8 Å². The van der Waals surface area contributed by atoms with Crippen LogP contribution >= 0.6 is 0 Å². The molecule has 0 spiro atoms. The lowest BCUT2D eigenvalue weighted by molar-refractivity contribution is 0.0912. The topological polar surface area (TPSA) is 94.2 Å². The third-order valence-corrected chi connectivity index (χ3v) is 4.52. The van der Waals surface area contributed by atoms with Crippen LogP contribution in [0, 0.1) is 19.3 Å². The van der Waals surface area contributed by atoms with Gasteiger partial charge in [-0.15, -0.1) is 0 Å². The molecule has 0 saturated heterocycles. The molecule has 27 heavy (non-hydrogen) atoms. The van der Waals surface area contributed by atoms with Crippen LogP contribution in [0.1, 0.15) is 54.6 Å². The van der Waals surface area contributed by atoms with Crippen LogP contribution in [0.5, 0.6) is 0 Å². The lowest BCUT2D eigenvalue weighted by atomic mass is 9.87. The largest absolute Gasteiger partial charge is 0.446 e. The Hall–Kier alpha value is -3.66. The molecule has 0 radical (unpaired) electrons. The van der Waals surface area contributed by atoms with Gasteiger partial charge in [0.1, 0.15) is 6.33 Å². The van der Waals surface area contributed by atoms with E-state index in [2.05, 4.69) is 22.7 Å². The highest BCUT2D eigenvalue weighted by Gasteiger charge is 2.37. The summed E-state index contributed by atoms with van der Waals surface area (Å²) in [5.74, 6) is -1.20. The molecule has 1 aromatic carbocycles. The molecular weight excluding hydrogens is 346 g/mol. The molecule has 1 N–H and O–H groups in total. The molecule has 2 heterocycles. The Morgan fingerprint density at radius 1 is 1.22 bits per heavy atom. The number of aryl methyl sites for hydroxylation is 1. The van der Waals surface area contributed by atoms with E-state index in [0.29, 0.717) is 36.2 Å². The van der Waals surface area contributed by atoms with Gasteiger partial charge in [0.15, 0.2) is 17.3 Å². The molecule has 1 amide bonds. The fraction of sp³-hybridized carbons (Fsp3) is 0.200. The van der Waals surface area contributed by atoms with Crippen LogP contribution in [-0.4, -0.2) is 33.6 Å². The summed E-state index contributed by atoms with van der Waals surface area (Å²) in [7, 11) is 0. The average Bonchev–Trinajstić information content (AvgIpc) is 3.31. The second kappa shape index (κ2) is 6.57.